The molecule has 23 heavy (non-hydrogen) atoms. The number of anilines is 1. The number of phenolic OH excluding ortho intramolecular Hbond substituents is 1. The van der Waals surface area contributed by atoms with Gasteiger partial charge in [-0.3, -0.25) is 4.99 Å². The van der Waals surface area contributed by atoms with Gasteiger partial charge in [0, 0.05) is 26.0 Å². The van der Waals surface area contributed by atoms with Crippen LogP contribution < -0.4 is 4.90 Å². The number of hydrogen-bond donors (Lipinski definition) is 1. The van der Waals surface area contributed by atoms with Crippen molar-refractivity contribution >= 4 is 27.4 Å². The lowest BCUT2D eigenvalue weighted by Crippen LogP contribution is -2.08. The Balaban J connectivity index is 2.30. The van der Waals surface area contributed by atoms with E-state index in [9.17, 15) is 13.5 Å². The van der Waals surface area contributed by atoms with Crippen molar-refractivity contribution in [2.45, 2.75) is 11.8 Å². The maximum absolute atomic E-state index is 11.9. The Bertz CT molecular complexity index is 810. The molecule has 0 bridgehead atoms. The average Bonchev–Trinajstić information content (AvgIpc) is 2.54. The summed E-state index contributed by atoms with van der Waals surface area (Å²) in [5, 5.41) is 9.85. The average molecular weight is 332 g/mol. The van der Waals surface area contributed by atoms with Gasteiger partial charge < -0.3 is 10.0 Å². The minimum absolute atomic E-state index is 0.00687. The minimum atomic E-state index is -3.33. The van der Waals surface area contributed by atoms with Crippen LogP contribution in [0, 0.1) is 0 Å². The fourth-order valence-corrected chi connectivity index (χ4v) is 2.87. The molecule has 0 radical (unpaired) electrons. The molecule has 2 aromatic rings. The van der Waals surface area contributed by atoms with Crippen LogP contribution in [0.25, 0.3) is 0 Å². The maximum atomic E-state index is 11.9. The second-order valence-electron chi connectivity index (χ2n) is 5.30. The molecule has 0 fully saturated rings. The first kappa shape index (κ1) is 17.0. The molecule has 1 N–H and O–H groups in total. The van der Waals surface area contributed by atoms with Crippen LogP contribution in [0.4, 0.5) is 11.4 Å². The molecule has 0 aliphatic carbocycles. The second-order valence-corrected chi connectivity index (χ2v) is 7.58. The summed E-state index contributed by atoms with van der Waals surface area (Å²) < 4.78 is 23.8. The topological polar surface area (TPSA) is 70.0 Å². The van der Waals surface area contributed by atoms with E-state index >= 15 is 0 Å². The van der Waals surface area contributed by atoms with E-state index in [1.54, 1.807) is 13.1 Å². The van der Waals surface area contributed by atoms with Crippen molar-refractivity contribution < 1.29 is 13.5 Å². The molecule has 122 valence electrons. The lowest BCUT2D eigenvalue weighted by Gasteiger charge is -2.11. The zero-order valence-corrected chi connectivity index (χ0v) is 14.2. The van der Waals surface area contributed by atoms with Crippen LogP contribution in [-0.2, 0) is 9.84 Å². The predicted molar refractivity (Wildman–Crippen MR) is 93.9 cm³/mol. The molecule has 0 aromatic heterocycles. The van der Waals surface area contributed by atoms with Crippen LogP contribution in [0.1, 0.15) is 12.5 Å². The molecule has 0 aliphatic rings. The molecule has 0 atom stereocenters. The Kier molecular flexibility index (Phi) is 5.05. The van der Waals surface area contributed by atoms with Crippen molar-refractivity contribution in [2.24, 2.45) is 4.99 Å². The van der Waals surface area contributed by atoms with E-state index in [1.807, 2.05) is 43.3 Å². The molecule has 5 nitrogen and oxygen atoms in total. The molecule has 0 spiro atoms. The van der Waals surface area contributed by atoms with Crippen LogP contribution in [0.5, 0.6) is 5.75 Å². The van der Waals surface area contributed by atoms with Gasteiger partial charge in [-0.1, -0.05) is 19.1 Å². The molecule has 0 aliphatic heterocycles. The Hall–Kier alpha value is -2.34. The third-order valence-electron chi connectivity index (χ3n) is 3.45. The van der Waals surface area contributed by atoms with Gasteiger partial charge in [0.05, 0.1) is 10.6 Å². The smallest absolute Gasteiger partial charge is 0.178 e. The first-order valence-electron chi connectivity index (χ1n) is 7.20. The molecule has 0 saturated heterocycles. The summed E-state index contributed by atoms with van der Waals surface area (Å²) >= 11 is 0. The Labute approximate surface area is 136 Å². The van der Waals surface area contributed by atoms with Crippen molar-refractivity contribution in [1.82, 2.24) is 0 Å². The van der Waals surface area contributed by atoms with Gasteiger partial charge in [-0.25, -0.2) is 8.42 Å². The lowest BCUT2D eigenvalue weighted by atomic mass is 10.2. The highest BCUT2D eigenvalue weighted by molar-refractivity contribution is 7.91. The number of nitrogens with zero attached hydrogens (tertiary/aromatic N) is 2. The number of hydrogen-bond acceptors (Lipinski definition) is 5. The number of aliphatic imine (C=N–C) groups is 1. The zero-order valence-electron chi connectivity index (χ0n) is 13.4. The van der Waals surface area contributed by atoms with E-state index in [0.29, 0.717) is 0 Å². The van der Waals surface area contributed by atoms with Gasteiger partial charge in [0.1, 0.15) is 11.4 Å². The molecule has 0 saturated carbocycles. The molecule has 2 rings (SSSR count). The SMILES string of the molecule is CCS(=O)(=O)c1ccc(O)c(N=Cc2ccc(N(C)C)cc2)c1. The molecule has 0 heterocycles. The van der Waals surface area contributed by atoms with Crippen LogP contribution in [0.3, 0.4) is 0 Å². The minimum Gasteiger partial charge on any atom is -0.506 e. The Morgan fingerprint density at radius 1 is 1.13 bits per heavy atom. The fraction of sp³-hybridized carbons (Fsp3) is 0.235. The number of rotatable bonds is 5. The Morgan fingerprint density at radius 2 is 1.78 bits per heavy atom. The number of aromatic hydroxyl groups is 1. The molecule has 0 unspecified atom stereocenters. The lowest BCUT2D eigenvalue weighted by molar-refractivity contribution is 0.476. The third-order valence-corrected chi connectivity index (χ3v) is 5.18. The summed E-state index contributed by atoms with van der Waals surface area (Å²) in [6, 6.07) is 11.9. The van der Waals surface area contributed by atoms with E-state index in [4.69, 9.17) is 0 Å². The molecule has 0 amide bonds. The van der Waals surface area contributed by atoms with Gasteiger partial charge in [0.15, 0.2) is 9.84 Å². The first-order chi connectivity index (χ1) is 10.8. The van der Waals surface area contributed by atoms with Crippen molar-refractivity contribution in [1.29, 1.82) is 0 Å². The van der Waals surface area contributed by atoms with E-state index in [1.165, 1.54) is 18.2 Å². The monoisotopic (exact) mass is 332 g/mol. The number of phenols is 1. The van der Waals surface area contributed by atoms with Crippen LogP contribution in [-0.4, -0.2) is 39.6 Å². The summed E-state index contributed by atoms with van der Waals surface area (Å²) in [4.78, 5) is 6.36. The third kappa shape index (κ3) is 4.10. The molecular weight excluding hydrogens is 312 g/mol. The normalized spacial score (nSPS) is 11.8. The van der Waals surface area contributed by atoms with Crippen molar-refractivity contribution in [3.05, 3.63) is 48.0 Å². The van der Waals surface area contributed by atoms with Gasteiger partial charge in [0.2, 0.25) is 0 Å². The highest BCUT2D eigenvalue weighted by Gasteiger charge is 2.13. The van der Waals surface area contributed by atoms with Gasteiger partial charge in [0.25, 0.3) is 0 Å². The summed E-state index contributed by atoms with van der Waals surface area (Å²) in [5.41, 5.74) is 2.16. The maximum Gasteiger partial charge on any atom is 0.178 e. The summed E-state index contributed by atoms with van der Waals surface area (Å²) in [6.45, 7) is 1.58. The first-order valence-corrected chi connectivity index (χ1v) is 8.86. The summed E-state index contributed by atoms with van der Waals surface area (Å²) in [5.74, 6) is -0.0476. The summed E-state index contributed by atoms with van der Waals surface area (Å²) in [6.07, 6.45) is 1.59. The Morgan fingerprint density at radius 3 is 2.35 bits per heavy atom. The van der Waals surface area contributed by atoms with Crippen LogP contribution >= 0.6 is 0 Å². The van der Waals surface area contributed by atoms with Gasteiger partial charge in [-0.15, -0.1) is 0 Å². The van der Waals surface area contributed by atoms with Crippen molar-refractivity contribution in [2.75, 3.05) is 24.7 Å². The van der Waals surface area contributed by atoms with Gasteiger partial charge in [-0.05, 0) is 35.9 Å². The van der Waals surface area contributed by atoms with Crippen LogP contribution in [0.15, 0.2) is 52.4 Å². The highest BCUT2D eigenvalue weighted by atomic mass is 32.2. The standard InChI is InChI=1S/C17H20N2O3S/c1-4-23(21,22)15-9-10-17(20)16(11-15)18-12-13-5-7-14(8-6-13)19(2)3/h5-12,20H,4H2,1-3H3. The van der Waals surface area contributed by atoms with Gasteiger partial charge in [-0.2, -0.15) is 0 Å². The largest absolute Gasteiger partial charge is 0.506 e. The van der Waals surface area contributed by atoms with Crippen LogP contribution in [0.2, 0.25) is 0 Å². The van der Waals surface area contributed by atoms with Crippen molar-refractivity contribution in [3.63, 3.8) is 0 Å². The van der Waals surface area contributed by atoms with E-state index in [2.05, 4.69) is 4.99 Å². The second kappa shape index (κ2) is 6.83. The molecular formula is C17H20N2O3S. The molecule has 2 aromatic carbocycles. The number of benzene rings is 2. The van der Waals surface area contributed by atoms with Crippen molar-refractivity contribution in [3.8, 4) is 5.75 Å². The van der Waals surface area contributed by atoms with E-state index < -0.39 is 9.84 Å². The van der Waals surface area contributed by atoms with E-state index in [-0.39, 0.29) is 22.1 Å². The zero-order chi connectivity index (χ0) is 17.0. The van der Waals surface area contributed by atoms with E-state index in [0.717, 1.165) is 11.3 Å². The quantitative estimate of drug-likeness (QED) is 0.855. The predicted octanol–water partition coefficient (Wildman–Crippen LogP) is 3.00. The fourth-order valence-electron chi connectivity index (χ4n) is 1.97. The number of sulfone groups is 1. The molecule has 6 heteroatoms. The highest BCUT2D eigenvalue weighted by Crippen LogP contribution is 2.29. The van der Waals surface area contributed by atoms with Gasteiger partial charge >= 0.3 is 0 Å². The summed E-state index contributed by atoms with van der Waals surface area (Å²) in [7, 11) is 0.592.